The van der Waals surface area contributed by atoms with Gasteiger partial charge in [0.05, 0.1) is 31.2 Å². The van der Waals surface area contributed by atoms with Crippen LogP contribution in [0.5, 0.6) is 0 Å². The summed E-state index contributed by atoms with van der Waals surface area (Å²) in [5.74, 6) is 0.767. The third-order valence-electron chi connectivity index (χ3n) is 3.83. The van der Waals surface area contributed by atoms with Crippen LogP contribution in [0.1, 0.15) is 5.76 Å². The Morgan fingerprint density at radius 1 is 0.929 bits per heavy atom. The molecule has 8 heteroatoms. The summed E-state index contributed by atoms with van der Waals surface area (Å²) in [6.45, 7) is 0. The van der Waals surface area contributed by atoms with E-state index in [4.69, 9.17) is 39.2 Å². The van der Waals surface area contributed by atoms with E-state index in [0.29, 0.717) is 47.9 Å². The summed E-state index contributed by atoms with van der Waals surface area (Å²) in [7, 11) is 0. The van der Waals surface area contributed by atoms with Crippen LogP contribution in [0.15, 0.2) is 68.9 Å². The summed E-state index contributed by atoms with van der Waals surface area (Å²) in [5.41, 5.74) is 1.20. The predicted molar refractivity (Wildman–Crippen MR) is 116 cm³/mol. The lowest BCUT2D eigenvalue weighted by Crippen LogP contribution is -2.19. The van der Waals surface area contributed by atoms with Gasteiger partial charge in [-0.3, -0.25) is 4.79 Å². The summed E-state index contributed by atoms with van der Waals surface area (Å²) < 4.78 is 5.81. The molecule has 1 saturated heterocycles. The van der Waals surface area contributed by atoms with E-state index in [1.165, 1.54) is 11.8 Å². The molecule has 0 bridgehead atoms. The minimum absolute atomic E-state index is 0.260. The Balaban J connectivity index is 1.60. The number of amidine groups is 1. The zero-order chi connectivity index (χ0) is 19.7. The molecule has 0 spiro atoms. The molecule has 1 N–H and O–H groups in total. The standard InChI is InChI=1S/C20H11Cl3N2O2S/c21-12-4-1-2-7-15(12)24-20-25-19(26)17(28-20)10-11-8-9-16(27-11)18-13(22)5-3-6-14(18)23/h1-10H,(H,24,25,26)/b17-10+. The number of aliphatic imine (C=N–C) groups is 1. The molecule has 1 aliphatic rings. The minimum atomic E-state index is -0.260. The van der Waals surface area contributed by atoms with Crippen LogP contribution in [-0.4, -0.2) is 11.1 Å². The first-order valence-electron chi connectivity index (χ1n) is 8.09. The number of carbonyl (C=O) groups is 1. The van der Waals surface area contributed by atoms with Crippen LogP contribution in [0.2, 0.25) is 15.1 Å². The van der Waals surface area contributed by atoms with Crippen molar-refractivity contribution in [1.29, 1.82) is 0 Å². The first-order valence-corrected chi connectivity index (χ1v) is 10.0. The quantitative estimate of drug-likeness (QED) is 0.447. The van der Waals surface area contributed by atoms with Crippen molar-refractivity contribution in [3.8, 4) is 11.3 Å². The summed E-state index contributed by atoms with van der Waals surface area (Å²) >= 11 is 19.8. The number of nitrogens with one attached hydrogen (secondary N) is 1. The number of furan rings is 1. The maximum Gasteiger partial charge on any atom is 0.264 e. The zero-order valence-corrected chi connectivity index (χ0v) is 17.2. The third kappa shape index (κ3) is 3.98. The molecule has 0 radical (unpaired) electrons. The van der Waals surface area contributed by atoms with Gasteiger partial charge in [-0.2, -0.15) is 0 Å². The molecular weight excluding hydrogens is 439 g/mol. The summed E-state index contributed by atoms with van der Waals surface area (Å²) in [6.07, 6.45) is 1.64. The summed E-state index contributed by atoms with van der Waals surface area (Å²) in [5, 5.41) is 4.66. The van der Waals surface area contributed by atoms with Crippen molar-refractivity contribution < 1.29 is 9.21 Å². The Morgan fingerprint density at radius 3 is 2.39 bits per heavy atom. The second kappa shape index (κ2) is 8.05. The maximum absolute atomic E-state index is 12.3. The van der Waals surface area contributed by atoms with Crippen molar-refractivity contribution in [2.24, 2.45) is 4.99 Å². The number of benzene rings is 2. The Morgan fingerprint density at radius 2 is 1.64 bits per heavy atom. The molecule has 0 aliphatic carbocycles. The average molecular weight is 450 g/mol. The van der Waals surface area contributed by atoms with Crippen LogP contribution in [0.25, 0.3) is 17.4 Å². The van der Waals surface area contributed by atoms with E-state index in [-0.39, 0.29) is 5.91 Å². The number of thioether (sulfide) groups is 1. The van der Waals surface area contributed by atoms with Crippen molar-refractivity contribution in [2.45, 2.75) is 0 Å². The summed E-state index contributed by atoms with van der Waals surface area (Å²) in [6, 6.07) is 15.9. The molecule has 0 atom stereocenters. The Hall–Kier alpha value is -2.18. The molecule has 140 valence electrons. The number of carbonyl (C=O) groups excluding carboxylic acids is 1. The monoisotopic (exact) mass is 448 g/mol. The van der Waals surface area contributed by atoms with Crippen molar-refractivity contribution in [3.63, 3.8) is 0 Å². The number of hydrogen-bond acceptors (Lipinski definition) is 4. The van der Waals surface area contributed by atoms with Crippen LogP contribution in [0, 0.1) is 0 Å². The van der Waals surface area contributed by atoms with Crippen LogP contribution in [0.3, 0.4) is 0 Å². The topological polar surface area (TPSA) is 54.6 Å². The van der Waals surface area contributed by atoms with Crippen molar-refractivity contribution in [2.75, 3.05) is 0 Å². The molecular formula is C20H11Cl3N2O2S. The molecule has 1 fully saturated rings. The normalized spacial score (nSPS) is 16.8. The zero-order valence-electron chi connectivity index (χ0n) is 14.1. The fourth-order valence-corrected chi connectivity index (χ4v) is 4.14. The lowest BCUT2D eigenvalue weighted by atomic mass is 10.2. The number of rotatable bonds is 3. The van der Waals surface area contributed by atoms with Gasteiger partial charge in [0, 0.05) is 6.08 Å². The Bertz CT molecular complexity index is 1120. The first kappa shape index (κ1) is 19.2. The Kier molecular flexibility index (Phi) is 5.51. The van der Waals surface area contributed by atoms with Gasteiger partial charge in [0.25, 0.3) is 5.91 Å². The highest BCUT2D eigenvalue weighted by molar-refractivity contribution is 8.18. The summed E-state index contributed by atoms with van der Waals surface area (Å²) in [4.78, 5) is 17.1. The maximum atomic E-state index is 12.3. The van der Waals surface area contributed by atoms with Crippen LogP contribution in [-0.2, 0) is 4.79 Å². The molecule has 2 aromatic carbocycles. The predicted octanol–water partition coefficient (Wildman–Crippen LogP) is 6.80. The molecule has 28 heavy (non-hydrogen) atoms. The highest BCUT2D eigenvalue weighted by atomic mass is 35.5. The van der Waals surface area contributed by atoms with E-state index < -0.39 is 0 Å². The molecule has 2 heterocycles. The third-order valence-corrected chi connectivity index (χ3v) is 5.69. The van der Waals surface area contributed by atoms with Gasteiger partial charge < -0.3 is 9.73 Å². The fraction of sp³-hybridized carbons (Fsp3) is 0. The molecule has 3 aromatic rings. The van der Waals surface area contributed by atoms with E-state index in [1.807, 2.05) is 12.1 Å². The average Bonchev–Trinajstić information content (AvgIpc) is 3.24. The van der Waals surface area contributed by atoms with E-state index in [1.54, 1.807) is 48.5 Å². The molecule has 0 unspecified atom stereocenters. The second-order valence-corrected chi connectivity index (χ2v) is 7.98. The molecule has 1 aliphatic heterocycles. The van der Waals surface area contributed by atoms with Gasteiger partial charge in [0.1, 0.15) is 11.5 Å². The van der Waals surface area contributed by atoms with Gasteiger partial charge in [-0.25, -0.2) is 4.99 Å². The van der Waals surface area contributed by atoms with Crippen LogP contribution >= 0.6 is 46.6 Å². The number of nitrogens with zero attached hydrogens (tertiary/aromatic N) is 1. The van der Waals surface area contributed by atoms with Gasteiger partial charge in [-0.15, -0.1) is 0 Å². The van der Waals surface area contributed by atoms with E-state index >= 15 is 0 Å². The first-order chi connectivity index (χ1) is 13.5. The minimum Gasteiger partial charge on any atom is -0.457 e. The van der Waals surface area contributed by atoms with Crippen molar-refractivity contribution in [3.05, 3.63) is 80.3 Å². The number of hydrogen-bond donors (Lipinski definition) is 1. The van der Waals surface area contributed by atoms with E-state index in [9.17, 15) is 4.79 Å². The highest BCUT2D eigenvalue weighted by Crippen LogP contribution is 2.37. The number of amides is 1. The molecule has 1 amide bonds. The Labute approximate surface area is 180 Å². The van der Waals surface area contributed by atoms with Crippen LogP contribution in [0.4, 0.5) is 5.69 Å². The fourth-order valence-electron chi connectivity index (χ4n) is 2.56. The number of para-hydroxylation sites is 1. The largest absolute Gasteiger partial charge is 0.457 e. The molecule has 4 nitrogen and oxygen atoms in total. The van der Waals surface area contributed by atoms with E-state index in [2.05, 4.69) is 10.3 Å². The highest BCUT2D eigenvalue weighted by Gasteiger charge is 2.24. The molecule has 4 rings (SSSR count). The van der Waals surface area contributed by atoms with Gasteiger partial charge in [-0.05, 0) is 48.2 Å². The molecule has 1 aromatic heterocycles. The van der Waals surface area contributed by atoms with Gasteiger partial charge in [0.15, 0.2) is 5.17 Å². The second-order valence-electron chi connectivity index (χ2n) is 5.73. The van der Waals surface area contributed by atoms with Gasteiger partial charge in [0.2, 0.25) is 0 Å². The molecule has 0 saturated carbocycles. The lowest BCUT2D eigenvalue weighted by molar-refractivity contribution is -0.115. The van der Waals surface area contributed by atoms with Crippen LogP contribution < -0.4 is 5.32 Å². The van der Waals surface area contributed by atoms with E-state index in [0.717, 1.165) is 0 Å². The van der Waals surface area contributed by atoms with Gasteiger partial charge >= 0.3 is 0 Å². The number of halogens is 3. The van der Waals surface area contributed by atoms with Crippen molar-refractivity contribution >= 4 is 69.4 Å². The SMILES string of the molecule is O=C1NC(=Nc2ccccc2Cl)S/C1=C/c1ccc(-c2c(Cl)cccc2Cl)o1. The lowest BCUT2D eigenvalue weighted by Gasteiger charge is -2.02. The van der Waals surface area contributed by atoms with Crippen molar-refractivity contribution in [1.82, 2.24) is 5.32 Å². The smallest absolute Gasteiger partial charge is 0.264 e. The van der Waals surface area contributed by atoms with Gasteiger partial charge in [-0.1, -0.05) is 53.0 Å².